The zero-order valence-corrected chi connectivity index (χ0v) is 24.4. The van der Waals surface area contributed by atoms with Crippen molar-refractivity contribution in [1.29, 1.82) is 0 Å². The fraction of sp³-hybridized carbons (Fsp3) is 0.281. The molecule has 0 bridgehead atoms. The maximum atomic E-state index is 14.7. The quantitative estimate of drug-likeness (QED) is 0.180. The van der Waals surface area contributed by atoms with Crippen molar-refractivity contribution < 1.29 is 37.7 Å². The van der Waals surface area contributed by atoms with Crippen molar-refractivity contribution in [2.24, 2.45) is 0 Å². The normalized spacial score (nSPS) is 16.6. The van der Waals surface area contributed by atoms with Gasteiger partial charge in [-0.2, -0.15) is 0 Å². The molecule has 3 aromatic rings. The number of halogens is 3. The lowest BCUT2D eigenvalue weighted by Gasteiger charge is -2.21. The summed E-state index contributed by atoms with van der Waals surface area (Å²) in [4.78, 5) is 39.1. The van der Waals surface area contributed by atoms with Crippen LogP contribution in [0.1, 0.15) is 47.8 Å². The molecule has 1 heterocycles. The Bertz CT molecular complexity index is 1550. The maximum absolute atomic E-state index is 14.7. The number of rotatable bonds is 12. The number of ketones is 1. The lowest BCUT2D eigenvalue weighted by Crippen LogP contribution is -2.51. The van der Waals surface area contributed by atoms with Crippen LogP contribution in [0, 0.1) is 11.6 Å². The molecule has 0 saturated carbocycles. The zero-order valence-electron chi connectivity index (χ0n) is 23.6. The summed E-state index contributed by atoms with van der Waals surface area (Å²) in [5.74, 6) is -4.17. The second kappa shape index (κ2) is 15.0. The fourth-order valence-electron chi connectivity index (χ4n) is 5.04. The molecular weight excluding hydrogens is 596 g/mol. The first kappa shape index (κ1) is 32.7. The average Bonchev–Trinajstić information content (AvgIpc) is 3.67. The van der Waals surface area contributed by atoms with Crippen molar-refractivity contribution in [2.75, 3.05) is 39.5 Å². The average molecular weight is 628 g/mol. The topological polar surface area (TPSA) is 126 Å². The van der Waals surface area contributed by atoms with E-state index in [9.17, 15) is 23.2 Å². The zero-order chi connectivity index (χ0) is 30.3. The van der Waals surface area contributed by atoms with E-state index in [4.69, 9.17) is 14.6 Å². The summed E-state index contributed by atoms with van der Waals surface area (Å²) >= 11 is 0. The van der Waals surface area contributed by atoms with Crippen LogP contribution in [0.25, 0.3) is 6.08 Å². The van der Waals surface area contributed by atoms with Crippen molar-refractivity contribution in [2.45, 2.75) is 18.5 Å². The molecule has 1 saturated heterocycles. The van der Waals surface area contributed by atoms with Gasteiger partial charge in [0.1, 0.15) is 17.9 Å². The lowest BCUT2D eigenvalue weighted by molar-refractivity contribution is 0.0700. The number of hydrogen-bond donors (Lipinski definition) is 4. The van der Waals surface area contributed by atoms with Crippen molar-refractivity contribution >= 4 is 36.1 Å². The highest BCUT2D eigenvalue weighted by atomic mass is 35.5. The van der Waals surface area contributed by atoms with Crippen LogP contribution in [0.5, 0.6) is 5.75 Å². The van der Waals surface area contributed by atoms with Crippen molar-refractivity contribution in [3.63, 3.8) is 0 Å². The van der Waals surface area contributed by atoms with Gasteiger partial charge in [0.25, 0.3) is 11.8 Å². The summed E-state index contributed by atoms with van der Waals surface area (Å²) in [7, 11) is 0. The molecule has 0 radical (unpaired) electrons. The molecule has 2 amide bonds. The molecule has 44 heavy (non-hydrogen) atoms. The first-order valence-corrected chi connectivity index (χ1v) is 13.9. The van der Waals surface area contributed by atoms with E-state index in [-0.39, 0.29) is 73.7 Å². The molecule has 12 heteroatoms. The Morgan fingerprint density at radius 3 is 2.23 bits per heavy atom. The van der Waals surface area contributed by atoms with Gasteiger partial charge < -0.3 is 30.5 Å². The molecule has 3 aromatic carbocycles. The number of carbonyl (C=O) groups is 3. The molecule has 4 N–H and O–H groups in total. The van der Waals surface area contributed by atoms with E-state index in [1.807, 2.05) is 24.3 Å². The van der Waals surface area contributed by atoms with Gasteiger partial charge in [0.15, 0.2) is 17.4 Å². The van der Waals surface area contributed by atoms with E-state index in [1.54, 1.807) is 6.07 Å². The van der Waals surface area contributed by atoms with Crippen molar-refractivity contribution in [3.8, 4) is 5.75 Å². The van der Waals surface area contributed by atoms with Crippen LogP contribution in [-0.4, -0.2) is 74.3 Å². The Morgan fingerprint density at radius 1 is 0.864 bits per heavy atom. The van der Waals surface area contributed by atoms with Gasteiger partial charge in [-0.3, -0.25) is 14.4 Å². The third kappa shape index (κ3) is 7.48. The molecule has 1 aliphatic heterocycles. The van der Waals surface area contributed by atoms with Gasteiger partial charge in [-0.25, -0.2) is 8.78 Å². The van der Waals surface area contributed by atoms with Gasteiger partial charge in [-0.1, -0.05) is 30.4 Å². The molecule has 232 valence electrons. The van der Waals surface area contributed by atoms with Crippen LogP contribution < -0.4 is 20.7 Å². The molecular formula is C32H32ClF2N3O6. The van der Waals surface area contributed by atoms with Crippen molar-refractivity contribution in [1.82, 2.24) is 16.0 Å². The number of aliphatic hydroxyl groups excluding tert-OH is 1. The summed E-state index contributed by atoms with van der Waals surface area (Å²) in [6.07, 6.45) is 4.86. The standard InChI is InChI=1S/C32H31F2N3O6.ClH/c33-24-10-11-27(43-15-14-42-13-12-38)28(29(24)34)30(39)20-5-7-21(8-6-20)31(40)36-25-17-35-18-26(25)37-32(41)23-9-4-19-2-1-3-22(19)16-23;/h1-2,4-11,16,25-26,35,38H,3,12-15,17-18H2,(H,36,40)(H,37,41);1H/t25-,26-;/m1./s1. The minimum atomic E-state index is -1.35. The predicted molar refractivity (Wildman–Crippen MR) is 161 cm³/mol. The predicted octanol–water partition coefficient (Wildman–Crippen LogP) is 3.07. The monoisotopic (exact) mass is 627 g/mol. The van der Waals surface area contributed by atoms with Gasteiger partial charge >= 0.3 is 0 Å². The van der Waals surface area contributed by atoms with Gasteiger partial charge in [-0.05, 0) is 53.9 Å². The van der Waals surface area contributed by atoms with E-state index in [0.29, 0.717) is 18.7 Å². The maximum Gasteiger partial charge on any atom is 0.251 e. The Morgan fingerprint density at radius 2 is 1.52 bits per heavy atom. The number of hydrogen-bond acceptors (Lipinski definition) is 7. The minimum absolute atomic E-state index is 0. The van der Waals surface area contributed by atoms with E-state index < -0.39 is 28.9 Å². The van der Waals surface area contributed by atoms with E-state index in [2.05, 4.69) is 16.0 Å². The smallest absolute Gasteiger partial charge is 0.251 e. The second-order valence-electron chi connectivity index (χ2n) is 10.2. The first-order chi connectivity index (χ1) is 20.9. The van der Waals surface area contributed by atoms with E-state index >= 15 is 0 Å². The van der Waals surface area contributed by atoms with Crippen LogP contribution >= 0.6 is 12.4 Å². The molecule has 0 spiro atoms. The number of nitrogens with one attached hydrogen (secondary N) is 3. The van der Waals surface area contributed by atoms with Crippen LogP contribution in [0.15, 0.2) is 60.7 Å². The Balaban J connectivity index is 0.00000442. The number of fused-ring (bicyclic) bond motifs is 1. The second-order valence-corrected chi connectivity index (χ2v) is 10.2. The SMILES string of the molecule is Cl.O=C(N[C@@H]1CNC[C@H]1NC(=O)c1ccc2c(c1)CC=C2)c1ccc(C(=O)c2c(OCCOCCO)ccc(F)c2F)cc1. The summed E-state index contributed by atoms with van der Waals surface area (Å²) in [6, 6.07) is 12.4. The van der Waals surface area contributed by atoms with Crippen LogP contribution in [0.3, 0.4) is 0 Å². The van der Waals surface area contributed by atoms with Gasteiger partial charge in [0.05, 0.1) is 31.9 Å². The third-order valence-electron chi connectivity index (χ3n) is 7.30. The summed E-state index contributed by atoms with van der Waals surface area (Å²) in [5, 5.41) is 17.9. The summed E-state index contributed by atoms with van der Waals surface area (Å²) in [5.41, 5.74) is 2.45. The molecule has 2 aliphatic rings. The number of carbonyl (C=O) groups excluding carboxylic acids is 3. The Hall–Kier alpha value is -4.16. The molecule has 5 rings (SSSR count). The number of aliphatic hydroxyl groups is 1. The molecule has 0 aromatic heterocycles. The van der Waals surface area contributed by atoms with Crippen LogP contribution in [-0.2, 0) is 11.2 Å². The number of benzene rings is 3. The summed E-state index contributed by atoms with van der Waals surface area (Å²) in [6.45, 7) is 0.871. The van der Waals surface area contributed by atoms with Gasteiger partial charge in [0.2, 0.25) is 0 Å². The van der Waals surface area contributed by atoms with E-state index in [1.165, 1.54) is 24.3 Å². The highest BCUT2D eigenvalue weighted by Gasteiger charge is 2.30. The number of amides is 2. The van der Waals surface area contributed by atoms with Gasteiger partial charge in [0, 0.05) is 29.8 Å². The molecule has 1 fully saturated rings. The lowest BCUT2D eigenvalue weighted by atomic mass is 10.00. The van der Waals surface area contributed by atoms with Gasteiger partial charge in [-0.15, -0.1) is 12.4 Å². The molecule has 0 unspecified atom stereocenters. The van der Waals surface area contributed by atoms with Crippen LogP contribution in [0.4, 0.5) is 8.78 Å². The fourth-order valence-corrected chi connectivity index (χ4v) is 5.04. The minimum Gasteiger partial charge on any atom is -0.490 e. The highest BCUT2D eigenvalue weighted by Crippen LogP contribution is 2.27. The molecule has 2 atom stereocenters. The van der Waals surface area contributed by atoms with Crippen molar-refractivity contribution in [3.05, 3.63) is 106 Å². The molecule has 9 nitrogen and oxygen atoms in total. The number of allylic oxidation sites excluding steroid dienone is 1. The third-order valence-corrected chi connectivity index (χ3v) is 7.30. The Kier molecular flexibility index (Phi) is 11.2. The van der Waals surface area contributed by atoms with Crippen LogP contribution in [0.2, 0.25) is 0 Å². The summed E-state index contributed by atoms with van der Waals surface area (Å²) < 4.78 is 39.3. The largest absolute Gasteiger partial charge is 0.490 e. The highest BCUT2D eigenvalue weighted by molar-refractivity contribution is 6.11. The Labute approximate surface area is 259 Å². The number of ether oxygens (including phenoxy) is 2. The first-order valence-electron chi connectivity index (χ1n) is 13.9. The molecule has 1 aliphatic carbocycles. The van der Waals surface area contributed by atoms with E-state index in [0.717, 1.165) is 29.7 Å².